The van der Waals surface area contributed by atoms with Crippen LogP contribution in [0.5, 0.6) is 0 Å². The van der Waals surface area contributed by atoms with Gasteiger partial charge < -0.3 is 10.1 Å². The van der Waals surface area contributed by atoms with Gasteiger partial charge in [-0.05, 0) is 13.8 Å². The minimum Gasteiger partial charge on any atom is -0.467 e. The lowest BCUT2D eigenvalue weighted by Gasteiger charge is -2.30. The van der Waals surface area contributed by atoms with Crippen LogP contribution in [-0.4, -0.2) is 55.6 Å². The van der Waals surface area contributed by atoms with Crippen molar-refractivity contribution < 1.29 is 18.3 Å². The first-order valence-electron chi connectivity index (χ1n) is 5.88. The van der Waals surface area contributed by atoms with Gasteiger partial charge in [-0.3, -0.25) is 9.69 Å². The molecule has 0 spiro atoms. The van der Waals surface area contributed by atoms with E-state index in [1.807, 2.05) is 18.7 Å². The van der Waals surface area contributed by atoms with Crippen LogP contribution in [0.4, 0.5) is 8.78 Å². The number of rotatable bonds is 7. The minimum atomic E-state index is -2.64. The lowest BCUT2D eigenvalue weighted by atomic mass is 10.1. The predicted molar refractivity (Wildman–Crippen MR) is 60.1 cm³/mol. The summed E-state index contributed by atoms with van der Waals surface area (Å²) in [5, 5.41) is 2.82. The molecule has 1 saturated heterocycles. The number of alkyl halides is 2. The Hall–Kier alpha value is -0.750. The Morgan fingerprint density at radius 1 is 1.59 bits per heavy atom. The van der Waals surface area contributed by atoms with Gasteiger partial charge in [0.05, 0.1) is 6.04 Å². The molecule has 1 rings (SSSR count). The van der Waals surface area contributed by atoms with Gasteiger partial charge in [0, 0.05) is 32.1 Å². The summed E-state index contributed by atoms with van der Waals surface area (Å²) in [5.41, 5.74) is 0. The van der Waals surface area contributed by atoms with E-state index in [9.17, 15) is 13.6 Å². The van der Waals surface area contributed by atoms with E-state index < -0.39 is 12.0 Å². The molecule has 0 aromatic rings. The van der Waals surface area contributed by atoms with Gasteiger partial charge in [-0.1, -0.05) is 0 Å². The molecule has 1 atom stereocenters. The first kappa shape index (κ1) is 14.3. The van der Waals surface area contributed by atoms with Gasteiger partial charge in [0.1, 0.15) is 6.61 Å². The van der Waals surface area contributed by atoms with Crippen LogP contribution >= 0.6 is 0 Å². The van der Waals surface area contributed by atoms with E-state index in [4.69, 9.17) is 0 Å². The zero-order chi connectivity index (χ0) is 12.9. The lowest BCUT2D eigenvalue weighted by Crippen LogP contribution is -2.48. The quantitative estimate of drug-likeness (QED) is 0.537. The Kier molecular flexibility index (Phi) is 5.27. The fraction of sp³-hybridized carbons (Fsp3) is 0.909. The molecule has 1 N–H and O–H groups in total. The van der Waals surface area contributed by atoms with Crippen LogP contribution in [0.25, 0.3) is 0 Å². The number of hydrogen-bond acceptors (Lipinski definition) is 4. The highest BCUT2D eigenvalue weighted by molar-refractivity contribution is 5.36. The third-order valence-electron chi connectivity index (χ3n) is 3.07. The van der Waals surface area contributed by atoms with Crippen LogP contribution in [0.2, 0.25) is 0 Å². The summed E-state index contributed by atoms with van der Waals surface area (Å²) in [6, 6.07) is -0.662. The van der Waals surface area contributed by atoms with E-state index in [-0.39, 0.29) is 25.6 Å². The maximum absolute atomic E-state index is 13.4. The summed E-state index contributed by atoms with van der Waals surface area (Å²) < 4.78 is 31.5. The maximum atomic E-state index is 13.4. The first-order valence-corrected chi connectivity index (χ1v) is 5.88. The maximum Gasteiger partial charge on any atom is 0.293 e. The van der Waals surface area contributed by atoms with Crippen molar-refractivity contribution in [3.63, 3.8) is 0 Å². The molecule has 1 fully saturated rings. The van der Waals surface area contributed by atoms with Crippen molar-refractivity contribution in [1.29, 1.82) is 0 Å². The van der Waals surface area contributed by atoms with Crippen LogP contribution in [0.1, 0.15) is 20.3 Å². The van der Waals surface area contributed by atoms with Gasteiger partial charge in [0.25, 0.3) is 12.4 Å². The lowest BCUT2D eigenvalue weighted by molar-refractivity contribution is -0.129. The predicted octanol–water partition coefficient (Wildman–Crippen LogP) is 0.867. The average molecular weight is 250 g/mol. The Morgan fingerprint density at radius 2 is 2.29 bits per heavy atom. The topological polar surface area (TPSA) is 41.6 Å². The highest BCUT2D eigenvalue weighted by Gasteiger charge is 2.44. The number of halogens is 2. The Labute approximate surface area is 100 Å². The highest BCUT2D eigenvalue weighted by Crippen LogP contribution is 2.28. The molecule has 1 heterocycles. The van der Waals surface area contributed by atoms with E-state index >= 15 is 0 Å². The van der Waals surface area contributed by atoms with Gasteiger partial charge in [-0.15, -0.1) is 0 Å². The molecule has 0 aromatic heterocycles. The molecule has 1 unspecified atom stereocenters. The van der Waals surface area contributed by atoms with E-state index in [2.05, 4.69) is 10.1 Å². The molecule has 0 amide bonds. The van der Waals surface area contributed by atoms with Crippen LogP contribution < -0.4 is 5.32 Å². The van der Waals surface area contributed by atoms with E-state index in [1.54, 1.807) is 0 Å². The zero-order valence-corrected chi connectivity index (χ0v) is 10.3. The van der Waals surface area contributed by atoms with Gasteiger partial charge in [-0.2, -0.15) is 0 Å². The average Bonchev–Trinajstić information content (AvgIpc) is 2.56. The number of nitrogens with one attached hydrogen (secondary N) is 1. The van der Waals surface area contributed by atoms with Crippen molar-refractivity contribution in [1.82, 2.24) is 10.2 Å². The Bertz CT molecular complexity index is 250. The molecular weight excluding hydrogens is 230 g/mol. The number of ether oxygens (including phenoxy) is 1. The molecule has 1 aliphatic rings. The van der Waals surface area contributed by atoms with E-state index in [1.165, 1.54) is 0 Å². The number of carbonyl (C=O) groups excluding carboxylic acids is 1. The second-order valence-electron chi connectivity index (χ2n) is 4.57. The number of carbonyl (C=O) groups is 1. The molecule has 4 nitrogen and oxygen atoms in total. The van der Waals surface area contributed by atoms with E-state index in [0.717, 1.165) is 0 Å². The monoisotopic (exact) mass is 250 g/mol. The molecular formula is C11H20F2N2O2. The third kappa shape index (κ3) is 4.20. The normalized spacial score (nSPS) is 23.3. The summed E-state index contributed by atoms with van der Waals surface area (Å²) >= 11 is 0. The Morgan fingerprint density at radius 3 is 2.76 bits per heavy atom. The molecule has 0 aliphatic carbocycles. The Balaban J connectivity index is 2.45. The largest absolute Gasteiger partial charge is 0.467 e. The van der Waals surface area contributed by atoms with Crippen molar-refractivity contribution in [2.24, 2.45) is 0 Å². The van der Waals surface area contributed by atoms with Gasteiger partial charge in [0.15, 0.2) is 0 Å². The molecule has 0 saturated carbocycles. The summed E-state index contributed by atoms with van der Waals surface area (Å²) in [6.45, 7) is 5.59. The van der Waals surface area contributed by atoms with Crippen LogP contribution in [-0.2, 0) is 9.53 Å². The second-order valence-corrected chi connectivity index (χ2v) is 4.57. The summed E-state index contributed by atoms with van der Waals surface area (Å²) in [4.78, 5) is 11.9. The fourth-order valence-corrected chi connectivity index (χ4v) is 1.95. The minimum absolute atomic E-state index is 0.103. The summed E-state index contributed by atoms with van der Waals surface area (Å²) in [7, 11) is 0. The van der Waals surface area contributed by atoms with Crippen LogP contribution in [0.15, 0.2) is 0 Å². The number of nitrogens with zero attached hydrogens (tertiary/aromatic N) is 1. The van der Waals surface area contributed by atoms with Crippen molar-refractivity contribution in [2.75, 3.05) is 26.2 Å². The second kappa shape index (κ2) is 6.26. The molecule has 17 heavy (non-hydrogen) atoms. The van der Waals surface area contributed by atoms with Crippen LogP contribution in [0.3, 0.4) is 0 Å². The molecule has 0 radical (unpaired) electrons. The first-order chi connectivity index (χ1) is 7.97. The number of hydrogen-bond donors (Lipinski definition) is 1. The molecule has 1 aliphatic heterocycles. The van der Waals surface area contributed by atoms with Crippen molar-refractivity contribution >= 4 is 6.47 Å². The zero-order valence-electron chi connectivity index (χ0n) is 10.3. The molecule has 0 aromatic carbocycles. The van der Waals surface area contributed by atoms with Crippen LogP contribution in [0, 0.1) is 0 Å². The smallest absolute Gasteiger partial charge is 0.293 e. The van der Waals surface area contributed by atoms with Crippen molar-refractivity contribution in [3.05, 3.63) is 0 Å². The summed E-state index contributed by atoms with van der Waals surface area (Å²) in [6.07, 6.45) is -0.103. The molecule has 100 valence electrons. The highest BCUT2D eigenvalue weighted by atomic mass is 19.3. The molecule has 6 heteroatoms. The van der Waals surface area contributed by atoms with Crippen molar-refractivity contribution in [2.45, 2.75) is 38.3 Å². The summed E-state index contributed by atoms with van der Waals surface area (Å²) in [5.74, 6) is -2.64. The van der Waals surface area contributed by atoms with Crippen molar-refractivity contribution in [3.8, 4) is 0 Å². The van der Waals surface area contributed by atoms with Gasteiger partial charge in [0.2, 0.25) is 0 Å². The van der Waals surface area contributed by atoms with E-state index in [0.29, 0.717) is 19.6 Å². The van der Waals surface area contributed by atoms with Gasteiger partial charge in [-0.25, -0.2) is 8.78 Å². The molecule has 0 bridgehead atoms. The van der Waals surface area contributed by atoms with Gasteiger partial charge >= 0.3 is 0 Å². The standard InChI is InChI=1S/C11H20F2N2O2/c1-9(2)15(5-6-17-8-16)7-10-11(12,13)3-4-14-10/h8-10,14H,3-7H2,1-2H3. The third-order valence-corrected chi connectivity index (χ3v) is 3.07. The SMILES string of the molecule is CC(C)N(CCOC=O)CC1NCCC1(F)F. The fourth-order valence-electron chi connectivity index (χ4n) is 1.95.